The van der Waals surface area contributed by atoms with E-state index in [9.17, 15) is 4.79 Å². The molecule has 0 spiro atoms. The van der Waals surface area contributed by atoms with Crippen molar-refractivity contribution in [1.82, 2.24) is 10.2 Å². The Morgan fingerprint density at radius 2 is 2.06 bits per heavy atom. The molecule has 1 saturated heterocycles. The molecule has 0 aromatic carbocycles. The van der Waals surface area contributed by atoms with Gasteiger partial charge < -0.3 is 10.2 Å². The summed E-state index contributed by atoms with van der Waals surface area (Å²) >= 11 is 0. The number of piperazine rings is 1. The minimum Gasteiger partial charge on any atom is -0.336 e. The van der Waals surface area contributed by atoms with Gasteiger partial charge in [0.25, 0.3) is 5.91 Å². The van der Waals surface area contributed by atoms with Crippen molar-refractivity contribution in [2.75, 3.05) is 19.6 Å². The zero-order valence-electron chi connectivity index (χ0n) is 11.1. The van der Waals surface area contributed by atoms with Crippen molar-refractivity contribution in [2.24, 2.45) is 4.99 Å². The third-order valence-electron chi connectivity index (χ3n) is 2.72. The first-order valence-corrected chi connectivity index (χ1v) is 6.28. The highest BCUT2D eigenvalue weighted by Crippen LogP contribution is 2.07. The van der Waals surface area contributed by atoms with Crippen LogP contribution in [0.3, 0.4) is 0 Å². The summed E-state index contributed by atoms with van der Waals surface area (Å²) in [6.07, 6.45) is 2.59. The molecule has 2 atom stereocenters. The molecular weight excluding hydrogens is 214 g/mol. The molecule has 4 heteroatoms. The highest BCUT2D eigenvalue weighted by atomic mass is 16.2. The summed E-state index contributed by atoms with van der Waals surface area (Å²) in [5, 5.41) is 3.40. The molecule has 0 aromatic heterocycles. The van der Waals surface area contributed by atoms with E-state index < -0.39 is 0 Å². The molecule has 96 valence electrons. The highest BCUT2D eigenvalue weighted by molar-refractivity contribution is 6.11. The molecule has 0 aromatic rings. The smallest absolute Gasteiger partial charge is 0.254 e. The lowest BCUT2D eigenvalue weighted by molar-refractivity contribution is -0.128. The van der Waals surface area contributed by atoms with E-state index in [0.29, 0.717) is 17.7 Å². The van der Waals surface area contributed by atoms with Crippen molar-refractivity contribution in [2.45, 2.75) is 39.3 Å². The molecule has 0 bridgehead atoms. The van der Waals surface area contributed by atoms with Gasteiger partial charge in [0.05, 0.1) is 5.57 Å². The van der Waals surface area contributed by atoms with Crippen molar-refractivity contribution < 1.29 is 4.79 Å². The second kappa shape index (κ2) is 6.55. The largest absolute Gasteiger partial charge is 0.336 e. The molecule has 1 amide bonds. The first kappa shape index (κ1) is 13.9. The molecule has 1 rings (SSSR count). The van der Waals surface area contributed by atoms with Gasteiger partial charge in [0, 0.05) is 37.9 Å². The summed E-state index contributed by atoms with van der Waals surface area (Å²) < 4.78 is 0. The van der Waals surface area contributed by atoms with Gasteiger partial charge in [-0.2, -0.15) is 0 Å². The minimum absolute atomic E-state index is 0.00468. The molecule has 1 aliphatic heterocycles. The topological polar surface area (TPSA) is 44.7 Å². The monoisotopic (exact) mass is 237 g/mol. The van der Waals surface area contributed by atoms with Gasteiger partial charge in [0.2, 0.25) is 0 Å². The Morgan fingerprint density at radius 3 is 2.59 bits per heavy atom. The van der Waals surface area contributed by atoms with E-state index in [1.807, 2.05) is 4.90 Å². The van der Waals surface area contributed by atoms with Crippen molar-refractivity contribution in [3.05, 3.63) is 12.2 Å². The summed E-state index contributed by atoms with van der Waals surface area (Å²) in [5.41, 5.74) is 0.486. The van der Waals surface area contributed by atoms with Crippen LogP contribution in [0.4, 0.5) is 0 Å². The van der Waals surface area contributed by atoms with Gasteiger partial charge in [-0.15, -0.1) is 0 Å². The summed E-state index contributed by atoms with van der Waals surface area (Å²) in [7, 11) is 0. The quantitative estimate of drug-likeness (QED) is 0.590. The van der Waals surface area contributed by atoms with Crippen LogP contribution in [0.25, 0.3) is 0 Å². The van der Waals surface area contributed by atoms with Crippen LogP contribution in [0.15, 0.2) is 17.1 Å². The first-order valence-electron chi connectivity index (χ1n) is 6.28. The van der Waals surface area contributed by atoms with Crippen LogP contribution >= 0.6 is 0 Å². The number of carbonyl (C=O) groups is 1. The maximum absolute atomic E-state index is 12.1. The van der Waals surface area contributed by atoms with E-state index >= 15 is 0 Å². The Kier molecular flexibility index (Phi) is 5.35. The van der Waals surface area contributed by atoms with Crippen LogP contribution in [0.1, 0.15) is 27.2 Å². The average molecular weight is 237 g/mol. The Balaban J connectivity index is 2.54. The molecule has 0 saturated carbocycles. The van der Waals surface area contributed by atoms with Crippen molar-refractivity contribution in [3.63, 3.8) is 0 Å². The SMILES string of the molecule is C=C(C=NCCC)C(=O)N1CC(C)NC(C)C1. The summed E-state index contributed by atoms with van der Waals surface area (Å²) in [6.45, 7) is 12.3. The molecule has 0 radical (unpaired) electrons. The van der Waals surface area contributed by atoms with Crippen molar-refractivity contribution >= 4 is 12.1 Å². The lowest BCUT2D eigenvalue weighted by Gasteiger charge is -2.36. The number of nitrogens with zero attached hydrogens (tertiary/aromatic N) is 2. The predicted molar refractivity (Wildman–Crippen MR) is 71.4 cm³/mol. The average Bonchev–Trinajstić information content (AvgIpc) is 2.27. The maximum atomic E-state index is 12.1. The van der Waals surface area contributed by atoms with Gasteiger partial charge in [-0.05, 0) is 20.3 Å². The number of rotatable bonds is 4. The number of carbonyl (C=O) groups excluding carboxylic acids is 1. The van der Waals surface area contributed by atoms with Gasteiger partial charge in [0.1, 0.15) is 0 Å². The number of amides is 1. The summed E-state index contributed by atoms with van der Waals surface area (Å²) in [5.74, 6) is 0.00468. The van der Waals surface area contributed by atoms with E-state index in [4.69, 9.17) is 0 Å². The van der Waals surface area contributed by atoms with Crippen LogP contribution in [-0.4, -0.2) is 48.7 Å². The molecule has 17 heavy (non-hydrogen) atoms. The lowest BCUT2D eigenvalue weighted by atomic mass is 10.1. The van der Waals surface area contributed by atoms with E-state index in [1.165, 1.54) is 0 Å². The van der Waals surface area contributed by atoms with E-state index in [0.717, 1.165) is 26.1 Å². The second-order valence-corrected chi connectivity index (χ2v) is 4.74. The van der Waals surface area contributed by atoms with Crippen LogP contribution in [-0.2, 0) is 4.79 Å². The molecule has 1 heterocycles. The van der Waals surface area contributed by atoms with Crippen LogP contribution in [0, 0.1) is 0 Å². The fourth-order valence-electron chi connectivity index (χ4n) is 2.05. The molecule has 1 fully saturated rings. The predicted octanol–water partition coefficient (Wildman–Crippen LogP) is 1.23. The Bertz CT molecular complexity index is 302. The standard InChI is InChI=1S/C13H23N3O/c1-5-6-14-7-10(2)13(17)16-8-11(3)15-12(4)9-16/h7,11-12,15H,2,5-6,8-9H2,1,3-4H3. The van der Waals surface area contributed by atoms with Gasteiger partial charge in [0.15, 0.2) is 0 Å². The Morgan fingerprint density at radius 1 is 1.47 bits per heavy atom. The van der Waals surface area contributed by atoms with Crippen LogP contribution in [0.2, 0.25) is 0 Å². The molecule has 4 nitrogen and oxygen atoms in total. The minimum atomic E-state index is 0.00468. The number of hydrogen-bond acceptors (Lipinski definition) is 3. The maximum Gasteiger partial charge on any atom is 0.254 e. The summed E-state index contributed by atoms with van der Waals surface area (Å²) in [4.78, 5) is 18.1. The second-order valence-electron chi connectivity index (χ2n) is 4.74. The zero-order valence-corrected chi connectivity index (χ0v) is 11.1. The van der Waals surface area contributed by atoms with Gasteiger partial charge in [-0.1, -0.05) is 13.5 Å². The fourth-order valence-corrected chi connectivity index (χ4v) is 2.05. The van der Waals surface area contributed by atoms with Gasteiger partial charge in [-0.25, -0.2) is 0 Å². The normalized spacial score (nSPS) is 25.2. The Hall–Kier alpha value is -1.16. The van der Waals surface area contributed by atoms with E-state index in [1.54, 1.807) is 6.21 Å². The van der Waals surface area contributed by atoms with Gasteiger partial charge in [-0.3, -0.25) is 9.79 Å². The lowest BCUT2D eigenvalue weighted by Crippen LogP contribution is -2.56. The van der Waals surface area contributed by atoms with Crippen molar-refractivity contribution in [3.8, 4) is 0 Å². The third-order valence-corrected chi connectivity index (χ3v) is 2.72. The molecule has 2 unspecified atom stereocenters. The summed E-state index contributed by atoms with van der Waals surface area (Å²) in [6, 6.07) is 0.672. The molecule has 0 aliphatic carbocycles. The molecule has 1 N–H and O–H groups in total. The van der Waals surface area contributed by atoms with E-state index in [2.05, 4.69) is 37.7 Å². The first-order chi connectivity index (χ1) is 8.04. The van der Waals surface area contributed by atoms with E-state index in [-0.39, 0.29) is 5.91 Å². The molecular formula is C13H23N3O. The fraction of sp³-hybridized carbons (Fsp3) is 0.692. The zero-order chi connectivity index (χ0) is 12.8. The van der Waals surface area contributed by atoms with Crippen molar-refractivity contribution in [1.29, 1.82) is 0 Å². The van der Waals surface area contributed by atoms with Crippen LogP contribution < -0.4 is 5.32 Å². The molecule has 1 aliphatic rings. The highest BCUT2D eigenvalue weighted by Gasteiger charge is 2.25. The third kappa shape index (κ3) is 4.30. The Labute approximate surface area is 104 Å². The number of nitrogens with one attached hydrogen (secondary N) is 1. The van der Waals surface area contributed by atoms with Gasteiger partial charge >= 0.3 is 0 Å². The van der Waals surface area contributed by atoms with Crippen LogP contribution in [0.5, 0.6) is 0 Å². The number of aliphatic imine (C=N–C) groups is 1. The number of hydrogen-bond donors (Lipinski definition) is 1.